The van der Waals surface area contributed by atoms with Crippen LogP contribution in [0.15, 0.2) is 65.9 Å². The molecule has 1 aliphatic carbocycles. The number of aliphatic hydroxyl groups is 1. The molecular formula is C25H28N2O3. The maximum atomic E-state index is 12.8. The Bertz CT molecular complexity index is 944. The molecule has 1 saturated carbocycles. The van der Waals surface area contributed by atoms with Gasteiger partial charge in [0, 0.05) is 19.2 Å². The monoisotopic (exact) mass is 404 g/mol. The van der Waals surface area contributed by atoms with E-state index >= 15 is 0 Å². The average molecular weight is 405 g/mol. The van der Waals surface area contributed by atoms with E-state index in [0.717, 1.165) is 5.56 Å². The van der Waals surface area contributed by atoms with E-state index < -0.39 is 17.9 Å². The summed E-state index contributed by atoms with van der Waals surface area (Å²) in [5, 5.41) is 13.4. The van der Waals surface area contributed by atoms with E-state index in [1.54, 1.807) is 7.05 Å². The van der Waals surface area contributed by atoms with Gasteiger partial charge in [0.05, 0.1) is 6.04 Å². The molecule has 0 radical (unpaired) electrons. The second-order valence-corrected chi connectivity index (χ2v) is 8.29. The first kappa shape index (κ1) is 20.2. The Balaban J connectivity index is 1.47. The summed E-state index contributed by atoms with van der Waals surface area (Å²) in [4.78, 5) is 26.9. The lowest BCUT2D eigenvalue weighted by Crippen LogP contribution is -2.34. The largest absolute Gasteiger partial charge is 0.509 e. The van der Waals surface area contributed by atoms with Crippen molar-refractivity contribution in [3.63, 3.8) is 0 Å². The fourth-order valence-corrected chi connectivity index (χ4v) is 4.53. The smallest absolute Gasteiger partial charge is 0.264 e. The van der Waals surface area contributed by atoms with E-state index in [4.69, 9.17) is 0 Å². The number of aliphatic hydroxyl groups excluding tert-OH is 1. The van der Waals surface area contributed by atoms with Gasteiger partial charge in [0.25, 0.3) is 11.8 Å². The molecule has 1 aliphatic heterocycles. The van der Waals surface area contributed by atoms with Gasteiger partial charge >= 0.3 is 0 Å². The first-order valence-corrected chi connectivity index (χ1v) is 10.7. The van der Waals surface area contributed by atoms with Gasteiger partial charge in [-0.2, -0.15) is 0 Å². The highest BCUT2D eigenvalue weighted by molar-refractivity contribution is 6.24. The molecule has 5 heteroatoms. The van der Waals surface area contributed by atoms with Crippen molar-refractivity contribution in [3.8, 4) is 0 Å². The third-order valence-corrected chi connectivity index (χ3v) is 6.32. The van der Waals surface area contributed by atoms with Gasteiger partial charge in [-0.25, -0.2) is 0 Å². The second-order valence-electron chi connectivity index (χ2n) is 8.29. The molecule has 0 aromatic heterocycles. The van der Waals surface area contributed by atoms with Crippen molar-refractivity contribution in [3.05, 3.63) is 77.1 Å². The minimum Gasteiger partial charge on any atom is -0.509 e. The van der Waals surface area contributed by atoms with Crippen LogP contribution in [0.4, 0.5) is 5.69 Å². The molecule has 2 N–H and O–H groups in total. The highest BCUT2D eigenvalue weighted by atomic mass is 16.3. The van der Waals surface area contributed by atoms with Crippen molar-refractivity contribution >= 4 is 17.5 Å². The molecule has 1 unspecified atom stereocenters. The number of likely N-dealkylation sites (N-methyl/N-ethyl adjacent to an activating group) is 1. The van der Waals surface area contributed by atoms with Crippen LogP contribution < -0.4 is 5.32 Å². The normalized spacial score (nSPS) is 20.0. The number of rotatable bonds is 5. The van der Waals surface area contributed by atoms with Crippen molar-refractivity contribution in [2.45, 2.75) is 50.5 Å². The number of anilines is 1. The third-order valence-electron chi connectivity index (χ3n) is 6.32. The molecular weight excluding hydrogens is 376 g/mol. The van der Waals surface area contributed by atoms with Crippen molar-refractivity contribution < 1.29 is 14.7 Å². The summed E-state index contributed by atoms with van der Waals surface area (Å²) in [6, 6.07) is 17.0. The zero-order valence-electron chi connectivity index (χ0n) is 17.3. The molecule has 0 saturated heterocycles. The van der Waals surface area contributed by atoms with Gasteiger partial charge in [0.15, 0.2) is 0 Å². The van der Waals surface area contributed by atoms with Crippen molar-refractivity contribution in [2.24, 2.45) is 0 Å². The number of nitrogens with zero attached hydrogens (tertiary/aromatic N) is 1. The standard InChI is InChI=1S/C25H28N2O3/c1-27-21(16-17-8-4-2-5-9-17)23(28)22(25(27)30)24(29)26-20-14-12-19(13-15-20)18-10-6-3-7-11-18/h2,4-5,8-9,12-15,18,21,28H,3,6-7,10-11,16H2,1H3,(H,26,29). The molecule has 2 aromatic rings. The van der Waals surface area contributed by atoms with Crippen LogP contribution in [0.25, 0.3) is 0 Å². The van der Waals surface area contributed by atoms with Crippen LogP contribution in [0.3, 0.4) is 0 Å². The molecule has 2 aliphatic rings. The minimum atomic E-state index is -0.565. The quantitative estimate of drug-likeness (QED) is 0.718. The number of amides is 2. The summed E-state index contributed by atoms with van der Waals surface area (Å²) in [7, 11) is 1.62. The molecule has 4 rings (SSSR count). The summed E-state index contributed by atoms with van der Waals surface area (Å²) in [5.41, 5.74) is 2.75. The second kappa shape index (κ2) is 8.74. The van der Waals surface area contributed by atoms with Gasteiger partial charge < -0.3 is 15.3 Å². The highest BCUT2D eigenvalue weighted by Crippen LogP contribution is 2.33. The maximum absolute atomic E-state index is 12.8. The Morgan fingerprint density at radius 3 is 2.37 bits per heavy atom. The summed E-state index contributed by atoms with van der Waals surface area (Å²) in [5.74, 6) is -0.586. The van der Waals surface area contributed by atoms with Crippen LogP contribution in [0, 0.1) is 0 Å². The number of carbonyl (C=O) groups is 2. The van der Waals surface area contributed by atoms with Gasteiger partial charge in [-0.05, 0) is 42.0 Å². The van der Waals surface area contributed by atoms with Gasteiger partial charge in [-0.1, -0.05) is 61.7 Å². The molecule has 156 valence electrons. The Labute approximate surface area is 177 Å². The summed E-state index contributed by atoms with van der Waals surface area (Å²) in [6.45, 7) is 0. The van der Waals surface area contributed by atoms with Crippen molar-refractivity contribution in [1.82, 2.24) is 4.90 Å². The molecule has 0 bridgehead atoms. The summed E-state index contributed by atoms with van der Waals surface area (Å²) >= 11 is 0. The van der Waals surface area contributed by atoms with Gasteiger partial charge in [0.2, 0.25) is 0 Å². The fourth-order valence-electron chi connectivity index (χ4n) is 4.53. The fraction of sp³-hybridized carbons (Fsp3) is 0.360. The van der Waals surface area contributed by atoms with Crippen LogP contribution >= 0.6 is 0 Å². The predicted molar refractivity (Wildman–Crippen MR) is 117 cm³/mol. The lowest BCUT2D eigenvalue weighted by molar-refractivity contribution is -0.127. The minimum absolute atomic E-state index is 0.164. The van der Waals surface area contributed by atoms with Gasteiger partial charge in [0.1, 0.15) is 11.3 Å². The molecule has 1 heterocycles. The lowest BCUT2D eigenvalue weighted by atomic mass is 9.84. The van der Waals surface area contributed by atoms with E-state index in [0.29, 0.717) is 18.0 Å². The highest BCUT2D eigenvalue weighted by Gasteiger charge is 2.40. The number of carbonyl (C=O) groups excluding carboxylic acids is 2. The van der Waals surface area contributed by atoms with E-state index in [1.165, 1.54) is 42.6 Å². The maximum Gasteiger partial charge on any atom is 0.264 e. The molecule has 30 heavy (non-hydrogen) atoms. The Hall–Kier alpha value is -3.08. The number of nitrogens with one attached hydrogen (secondary N) is 1. The Morgan fingerprint density at radius 2 is 1.70 bits per heavy atom. The Kier molecular flexibility index (Phi) is 5.88. The molecule has 5 nitrogen and oxygen atoms in total. The first-order valence-electron chi connectivity index (χ1n) is 10.7. The zero-order valence-corrected chi connectivity index (χ0v) is 17.3. The van der Waals surface area contributed by atoms with E-state index in [-0.39, 0.29) is 11.3 Å². The van der Waals surface area contributed by atoms with E-state index in [2.05, 4.69) is 17.4 Å². The van der Waals surface area contributed by atoms with Crippen molar-refractivity contribution in [1.29, 1.82) is 0 Å². The van der Waals surface area contributed by atoms with E-state index in [1.807, 2.05) is 42.5 Å². The van der Waals surface area contributed by atoms with Gasteiger partial charge in [-0.3, -0.25) is 9.59 Å². The van der Waals surface area contributed by atoms with Crippen LogP contribution in [0.1, 0.15) is 49.1 Å². The number of hydrogen-bond acceptors (Lipinski definition) is 3. The SMILES string of the molecule is CN1C(=O)C(C(=O)Nc2ccc(C3CCCCC3)cc2)=C(O)C1Cc1ccccc1. The molecule has 1 atom stereocenters. The van der Waals surface area contributed by atoms with Crippen LogP contribution in [0.5, 0.6) is 0 Å². The molecule has 2 aromatic carbocycles. The molecule has 1 fully saturated rings. The third kappa shape index (κ3) is 4.11. The first-order chi connectivity index (χ1) is 14.5. The van der Waals surface area contributed by atoms with E-state index in [9.17, 15) is 14.7 Å². The average Bonchev–Trinajstić information content (AvgIpc) is 2.99. The predicted octanol–water partition coefficient (Wildman–Crippen LogP) is 4.57. The lowest BCUT2D eigenvalue weighted by Gasteiger charge is -2.22. The van der Waals surface area contributed by atoms with Crippen LogP contribution in [-0.4, -0.2) is 34.9 Å². The zero-order chi connectivity index (χ0) is 21.1. The summed E-state index contributed by atoms with van der Waals surface area (Å²) < 4.78 is 0. The topological polar surface area (TPSA) is 69.6 Å². The number of benzene rings is 2. The van der Waals surface area contributed by atoms with Crippen LogP contribution in [0.2, 0.25) is 0 Å². The van der Waals surface area contributed by atoms with Gasteiger partial charge in [-0.15, -0.1) is 0 Å². The molecule has 2 amide bonds. The summed E-state index contributed by atoms with van der Waals surface area (Å²) in [6.07, 6.45) is 6.76. The Morgan fingerprint density at radius 1 is 1.03 bits per heavy atom. The number of hydrogen-bond donors (Lipinski definition) is 2. The van der Waals surface area contributed by atoms with Crippen molar-refractivity contribution in [2.75, 3.05) is 12.4 Å². The van der Waals surface area contributed by atoms with Crippen LogP contribution in [-0.2, 0) is 16.0 Å². The molecule has 0 spiro atoms.